The Morgan fingerprint density at radius 2 is 2.00 bits per heavy atom. The van der Waals surface area contributed by atoms with Gasteiger partial charge in [-0.15, -0.1) is 0 Å². The summed E-state index contributed by atoms with van der Waals surface area (Å²) in [5.74, 6) is 0. The van der Waals surface area contributed by atoms with E-state index in [1.54, 1.807) is 0 Å². The molecule has 1 fully saturated rings. The van der Waals surface area contributed by atoms with E-state index in [4.69, 9.17) is 0 Å². The number of aromatic nitrogens is 2. The third-order valence-corrected chi connectivity index (χ3v) is 4.98. The van der Waals surface area contributed by atoms with Crippen LogP contribution in [0.4, 0.5) is 5.69 Å². The summed E-state index contributed by atoms with van der Waals surface area (Å²) in [5.41, 5.74) is 2.83. The normalized spacial score (nSPS) is 22.2. The molecule has 0 radical (unpaired) electrons. The van der Waals surface area contributed by atoms with E-state index < -0.39 is 0 Å². The highest BCUT2D eigenvalue weighted by atomic mass is 15.3. The van der Waals surface area contributed by atoms with Crippen LogP contribution in [0.15, 0.2) is 6.20 Å². The maximum absolute atomic E-state index is 4.63. The molecule has 1 N–H and O–H groups in total. The van der Waals surface area contributed by atoms with Crippen LogP contribution in [0, 0.1) is 0 Å². The van der Waals surface area contributed by atoms with E-state index in [1.807, 2.05) is 11.7 Å². The molecule has 2 rings (SSSR count). The molecule has 1 atom stereocenters. The van der Waals surface area contributed by atoms with Crippen LogP contribution in [0.1, 0.15) is 52.7 Å². The summed E-state index contributed by atoms with van der Waals surface area (Å²) in [6.45, 7) is 11.2. The van der Waals surface area contributed by atoms with Crippen molar-refractivity contribution in [3.8, 4) is 0 Å². The Kier molecular flexibility index (Phi) is 4.74. The predicted molar refractivity (Wildman–Crippen MR) is 85.3 cm³/mol. The van der Waals surface area contributed by atoms with E-state index in [0.29, 0.717) is 6.04 Å². The van der Waals surface area contributed by atoms with Crippen molar-refractivity contribution in [1.29, 1.82) is 0 Å². The molecule has 4 heteroatoms. The minimum absolute atomic E-state index is 0.256. The summed E-state index contributed by atoms with van der Waals surface area (Å²) in [5, 5.41) is 8.44. The standard InChI is InChI=1S/C16H30N4/c1-6-13-10-17-16(8-3,9-4)12-20(13)15-11-19(5)18-14(15)7-2/h11,13,17H,6-10,12H2,1-5H3. The number of nitrogens with zero attached hydrogens (tertiary/aromatic N) is 3. The molecular formula is C16H30N4. The van der Waals surface area contributed by atoms with Gasteiger partial charge in [-0.25, -0.2) is 0 Å². The molecule has 20 heavy (non-hydrogen) atoms. The second kappa shape index (κ2) is 6.17. The lowest BCUT2D eigenvalue weighted by molar-refractivity contribution is 0.246. The minimum atomic E-state index is 0.256. The van der Waals surface area contributed by atoms with Crippen LogP contribution in [0.2, 0.25) is 0 Å². The topological polar surface area (TPSA) is 33.1 Å². The first-order valence-electron chi connectivity index (χ1n) is 8.13. The SMILES string of the molecule is CCc1nn(C)cc1N1CC(CC)(CC)NCC1CC. The van der Waals surface area contributed by atoms with Crippen molar-refractivity contribution in [1.82, 2.24) is 15.1 Å². The highest BCUT2D eigenvalue weighted by Crippen LogP contribution is 2.30. The van der Waals surface area contributed by atoms with Crippen molar-refractivity contribution in [2.24, 2.45) is 7.05 Å². The van der Waals surface area contributed by atoms with E-state index in [1.165, 1.54) is 30.6 Å². The molecule has 0 aromatic carbocycles. The first-order chi connectivity index (χ1) is 9.59. The monoisotopic (exact) mass is 278 g/mol. The highest BCUT2D eigenvalue weighted by Gasteiger charge is 2.37. The Hall–Kier alpha value is -1.03. The number of nitrogens with one attached hydrogen (secondary N) is 1. The number of aryl methyl sites for hydroxylation is 2. The summed E-state index contributed by atoms with van der Waals surface area (Å²) in [4.78, 5) is 2.61. The zero-order valence-electron chi connectivity index (χ0n) is 13.7. The van der Waals surface area contributed by atoms with Gasteiger partial charge < -0.3 is 10.2 Å². The molecule has 0 aliphatic carbocycles. The molecule has 1 aliphatic rings. The molecular weight excluding hydrogens is 248 g/mol. The second-order valence-corrected chi connectivity index (χ2v) is 6.05. The van der Waals surface area contributed by atoms with Crippen molar-refractivity contribution in [3.05, 3.63) is 11.9 Å². The largest absolute Gasteiger partial charge is 0.363 e. The van der Waals surface area contributed by atoms with E-state index in [9.17, 15) is 0 Å². The maximum atomic E-state index is 4.63. The van der Waals surface area contributed by atoms with Crippen molar-refractivity contribution < 1.29 is 0 Å². The van der Waals surface area contributed by atoms with Gasteiger partial charge in [0, 0.05) is 37.9 Å². The molecule has 1 unspecified atom stereocenters. The lowest BCUT2D eigenvalue weighted by Crippen LogP contribution is -2.64. The number of anilines is 1. The summed E-state index contributed by atoms with van der Waals surface area (Å²) < 4.78 is 1.96. The van der Waals surface area contributed by atoms with E-state index in [-0.39, 0.29) is 5.54 Å². The van der Waals surface area contributed by atoms with Crippen molar-refractivity contribution >= 4 is 5.69 Å². The van der Waals surface area contributed by atoms with Crippen LogP contribution in [0.5, 0.6) is 0 Å². The van der Waals surface area contributed by atoms with Crippen LogP contribution in [-0.4, -0.2) is 34.5 Å². The van der Waals surface area contributed by atoms with Gasteiger partial charge >= 0.3 is 0 Å². The van der Waals surface area contributed by atoms with E-state index >= 15 is 0 Å². The second-order valence-electron chi connectivity index (χ2n) is 6.05. The zero-order chi connectivity index (χ0) is 14.8. The quantitative estimate of drug-likeness (QED) is 0.899. The first kappa shape index (κ1) is 15.4. The molecule has 1 aliphatic heterocycles. The predicted octanol–water partition coefficient (Wildman–Crippen LogP) is 2.73. The minimum Gasteiger partial charge on any atom is -0.363 e. The molecule has 2 heterocycles. The Labute approximate surface area is 123 Å². The van der Waals surface area contributed by atoms with Gasteiger partial charge in [-0.05, 0) is 25.7 Å². The van der Waals surface area contributed by atoms with Gasteiger partial charge in [0.15, 0.2) is 0 Å². The van der Waals surface area contributed by atoms with Crippen LogP contribution >= 0.6 is 0 Å². The Morgan fingerprint density at radius 3 is 2.55 bits per heavy atom. The van der Waals surface area contributed by atoms with Gasteiger partial charge in [-0.1, -0.05) is 27.7 Å². The fraction of sp³-hybridized carbons (Fsp3) is 0.812. The summed E-state index contributed by atoms with van der Waals surface area (Å²) >= 11 is 0. The van der Waals surface area contributed by atoms with Gasteiger partial charge in [0.05, 0.1) is 11.4 Å². The van der Waals surface area contributed by atoms with Crippen LogP contribution in [0.25, 0.3) is 0 Å². The highest BCUT2D eigenvalue weighted by molar-refractivity contribution is 5.52. The van der Waals surface area contributed by atoms with Gasteiger partial charge in [-0.3, -0.25) is 4.68 Å². The molecule has 1 aromatic heterocycles. The molecule has 0 amide bonds. The molecule has 4 nitrogen and oxygen atoms in total. The van der Waals surface area contributed by atoms with Crippen molar-refractivity contribution in [2.45, 2.75) is 65.0 Å². The Morgan fingerprint density at radius 1 is 1.30 bits per heavy atom. The Balaban J connectivity index is 2.33. The fourth-order valence-electron chi connectivity index (χ4n) is 3.34. The molecule has 1 saturated heterocycles. The van der Waals surface area contributed by atoms with Gasteiger partial charge in [0.25, 0.3) is 0 Å². The lowest BCUT2D eigenvalue weighted by Gasteiger charge is -2.48. The fourth-order valence-corrected chi connectivity index (χ4v) is 3.34. The van der Waals surface area contributed by atoms with Gasteiger partial charge in [0.1, 0.15) is 0 Å². The number of hydrogen-bond acceptors (Lipinski definition) is 3. The summed E-state index contributed by atoms with van der Waals surface area (Å²) in [7, 11) is 2.03. The van der Waals surface area contributed by atoms with E-state index in [2.05, 4.69) is 49.2 Å². The molecule has 1 aromatic rings. The smallest absolute Gasteiger partial charge is 0.0855 e. The number of piperazine rings is 1. The van der Waals surface area contributed by atoms with Crippen LogP contribution < -0.4 is 10.2 Å². The molecule has 0 bridgehead atoms. The van der Waals surface area contributed by atoms with Crippen LogP contribution in [-0.2, 0) is 13.5 Å². The maximum Gasteiger partial charge on any atom is 0.0855 e. The molecule has 114 valence electrons. The third-order valence-electron chi connectivity index (χ3n) is 4.98. The van der Waals surface area contributed by atoms with Gasteiger partial charge in [-0.2, -0.15) is 5.10 Å². The number of hydrogen-bond donors (Lipinski definition) is 1. The van der Waals surface area contributed by atoms with Crippen LogP contribution in [0.3, 0.4) is 0 Å². The summed E-state index contributed by atoms with van der Waals surface area (Å²) in [6.07, 6.45) is 6.73. The lowest BCUT2D eigenvalue weighted by atomic mass is 9.87. The number of rotatable bonds is 5. The third kappa shape index (κ3) is 2.71. The first-order valence-corrected chi connectivity index (χ1v) is 8.13. The zero-order valence-corrected chi connectivity index (χ0v) is 13.7. The summed E-state index contributed by atoms with van der Waals surface area (Å²) in [6, 6.07) is 0.579. The molecule has 0 spiro atoms. The molecule has 0 saturated carbocycles. The van der Waals surface area contributed by atoms with Crippen molar-refractivity contribution in [3.63, 3.8) is 0 Å². The average Bonchev–Trinajstić information content (AvgIpc) is 2.87. The van der Waals surface area contributed by atoms with E-state index in [0.717, 1.165) is 19.5 Å². The Bertz CT molecular complexity index is 434. The average molecular weight is 278 g/mol. The van der Waals surface area contributed by atoms with Gasteiger partial charge in [0.2, 0.25) is 0 Å². The van der Waals surface area contributed by atoms with Crippen molar-refractivity contribution in [2.75, 3.05) is 18.0 Å².